The van der Waals surface area contributed by atoms with Crippen LogP contribution in [0.2, 0.25) is 0 Å². The molecule has 0 saturated carbocycles. The molecular formula is C17H14N2S2. The molecule has 0 aliphatic rings. The number of aromatic nitrogens is 2. The minimum absolute atomic E-state index is 0.761. The predicted molar refractivity (Wildman–Crippen MR) is 90.5 cm³/mol. The molecule has 0 spiro atoms. The zero-order valence-corrected chi connectivity index (χ0v) is 13.2. The molecule has 3 aromatic rings. The summed E-state index contributed by atoms with van der Waals surface area (Å²) in [5, 5.41) is 7.15. The first-order valence-corrected chi connectivity index (χ1v) is 8.38. The van der Waals surface area contributed by atoms with Crippen LogP contribution in [0.5, 0.6) is 0 Å². The minimum Gasteiger partial charge on any atom is -0.231 e. The normalized spacial score (nSPS) is 11.6. The van der Waals surface area contributed by atoms with Crippen molar-refractivity contribution in [1.29, 1.82) is 0 Å². The molecule has 0 amide bonds. The van der Waals surface area contributed by atoms with Crippen LogP contribution in [-0.2, 0) is 0 Å². The molecule has 0 bridgehead atoms. The van der Waals surface area contributed by atoms with Gasteiger partial charge in [-0.15, -0.1) is 0 Å². The van der Waals surface area contributed by atoms with Crippen LogP contribution in [0.1, 0.15) is 16.7 Å². The standard InChI is InChI=1S/C17H14N2S2/c1-13-3-5-14(6-4-13)16(15-7-10-20-11-15)12-21-17-18-8-2-9-19-17/h2-12H,1H3/b16-12-. The molecule has 0 N–H and O–H groups in total. The minimum atomic E-state index is 0.761. The SMILES string of the molecule is Cc1ccc(/C(=C/Sc2ncccn2)c2ccsc2)cc1. The molecule has 21 heavy (non-hydrogen) atoms. The van der Waals surface area contributed by atoms with Gasteiger partial charge in [0.25, 0.3) is 0 Å². The summed E-state index contributed by atoms with van der Waals surface area (Å²) in [4.78, 5) is 8.50. The van der Waals surface area contributed by atoms with Crippen molar-refractivity contribution in [1.82, 2.24) is 9.97 Å². The summed E-state index contributed by atoms with van der Waals surface area (Å²) in [6, 6.07) is 12.6. The van der Waals surface area contributed by atoms with Crippen LogP contribution in [0, 0.1) is 6.92 Å². The largest absolute Gasteiger partial charge is 0.231 e. The second-order valence-corrected chi connectivity index (χ2v) is 6.18. The Kier molecular flexibility index (Phi) is 4.48. The summed E-state index contributed by atoms with van der Waals surface area (Å²) in [7, 11) is 0. The Hall–Kier alpha value is -1.91. The zero-order chi connectivity index (χ0) is 14.5. The van der Waals surface area contributed by atoms with Gasteiger partial charge in [-0.2, -0.15) is 11.3 Å². The van der Waals surface area contributed by atoms with Gasteiger partial charge < -0.3 is 0 Å². The summed E-state index contributed by atoms with van der Waals surface area (Å²) >= 11 is 3.25. The average molecular weight is 310 g/mol. The third kappa shape index (κ3) is 3.60. The highest BCUT2D eigenvalue weighted by Crippen LogP contribution is 2.29. The molecule has 2 heterocycles. The van der Waals surface area contributed by atoms with Gasteiger partial charge in [0, 0.05) is 12.4 Å². The summed E-state index contributed by atoms with van der Waals surface area (Å²) in [5.74, 6) is 0. The third-order valence-corrected chi connectivity index (χ3v) is 4.48. The lowest BCUT2D eigenvalue weighted by molar-refractivity contribution is 0.971. The van der Waals surface area contributed by atoms with E-state index < -0.39 is 0 Å². The number of thiophene rings is 1. The van der Waals surface area contributed by atoms with Gasteiger partial charge in [0.1, 0.15) is 0 Å². The van der Waals surface area contributed by atoms with E-state index in [1.807, 2.05) is 6.07 Å². The van der Waals surface area contributed by atoms with E-state index in [0.29, 0.717) is 0 Å². The number of thioether (sulfide) groups is 1. The van der Waals surface area contributed by atoms with Crippen LogP contribution in [0.25, 0.3) is 5.57 Å². The number of hydrogen-bond acceptors (Lipinski definition) is 4. The van der Waals surface area contributed by atoms with Gasteiger partial charge >= 0.3 is 0 Å². The van der Waals surface area contributed by atoms with E-state index in [4.69, 9.17) is 0 Å². The fraction of sp³-hybridized carbons (Fsp3) is 0.0588. The van der Waals surface area contributed by atoms with Crippen LogP contribution in [-0.4, -0.2) is 9.97 Å². The Morgan fingerprint density at radius 3 is 2.48 bits per heavy atom. The quantitative estimate of drug-likeness (QED) is 0.499. The molecule has 0 unspecified atom stereocenters. The van der Waals surface area contributed by atoms with Crippen molar-refractivity contribution >= 4 is 28.7 Å². The topological polar surface area (TPSA) is 25.8 Å². The second-order valence-electron chi connectivity index (χ2n) is 4.56. The van der Waals surface area contributed by atoms with Crippen molar-refractivity contribution in [3.05, 3.63) is 81.7 Å². The average Bonchev–Trinajstić information content (AvgIpc) is 3.04. The van der Waals surface area contributed by atoms with Gasteiger partial charge in [-0.25, -0.2) is 9.97 Å². The second kappa shape index (κ2) is 6.70. The molecule has 0 aliphatic carbocycles. The lowest BCUT2D eigenvalue weighted by Crippen LogP contribution is -1.87. The Labute approximate surface area is 132 Å². The maximum Gasteiger partial charge on any atom is 0.191 e. The summed E-state index contributed by atoms with van der Waals surface area (Å²) in [6.07, 6.45) is 3.53. The number of aryl methyl sites for hydroxylation is 1. The van der Waals surface area contributed by atoms with Crippen molar-refractivity contribution in [3.8, 4) is 0 Å². The first-order valence-electron chi connectivity index (χ1n) is 6.56. The van der Waals surface area contributed by atoms with E-state index in [1.54, 1.807) is 35.5 Å². The third-order valence-electron chi connectivity index (χ3n) is 3.02. The van der Waals surface area contributed by atoms with Crippen LogP contribution in [0.15, 0.2) is 70.1 Å². The van der Waals surface area contributed by atoms with Crippen LogP contribution < -0.4 is 0 Å². The molecule has 0 radical (unpaired) electrons. The van der Waals surface area contributed by atoms with Gasteiger partial charge in [-0.05, 0) is 51.9 Å². The molecule has 0 aliphatic heterocycles. The Balaban J connectivity index is 1.95. The van der Waals surface area contributed by atoms with Gasteiger partial charge in [-0.1, -0.05) is 41.6 Å². The Morgan fingerprint density at radius 1 is 1.05 bits per heavy atom. The van der Waals surface area contributed by atoms with E-state index in [0.717, 1.165) is 5.16 Å². The van der Waals surface area contributed by atoms with Crippen molar-refractivity contribution in [2.75, 3.05) is 0 Å². The molecule has 1 aromatic carbocycles. The maximum atomic E-state index is 4.25. The van der Waals surface area contributed by atoms with E-state index in [9.17, 15) is 0 Å². The molecule has 104 valence electrons. The monoisotopic (exact) mass is 310 g/mol. The number of rotatable bonds is 4. The predicted octanol–water partition coefficient (Wildman–Crippen LogP) is 5.03. The highest BCUT2D eigenvalue weighted by atomic mass is 32.2. The molecule has 0 atom stereocenters. The molecule has 3 rings (SSSR count). The van der Waals surface area contributed by atoms with Gasteiger partial charge in [-0.3, -0.25) is 0 Å². The van der Waals surface area contributed by atoms with E-state index >= 15 is 0 Å². The van der Waals surface area contributed by atoms with Crippen molar-refractivity contribution in [2.24, 2.45) is 0 Å². The van der Waals surface area contributed by atoms with Gasteiger partial charge in [0.15, 0.2) is 5.16 Å². The molecule has 0 fully saturated rings. The van der Waals surface area contributed by atoms with E-state index in [1.165, 1.54) is 22.3 Å². The molecule has 2 aromatic heterocycles. The lowest BCUT2D eigenvalue weighted by Gasteiger charge is -2.06. The van der Waals surface area contributed by atoms with Crippen LogP contribution in [0.4, 0.5) is 0 Å². The summed E-state index contributed by atoms with van der Waals surface area (Å²) in [6.45, 7) is 2.10. The molecule has 0 saturated heterocycles. The fourth-order valence-corrected chi connectivity index (χ4v) is 3.31. The first kappa shape index (κ1) is 14.0. The van der Waals surface area contributed by atoms with E-state index in [-0.39, 0.29) is 0 Å². The van der Waals surface area contributed by atoms with Crippen molar-refractivity contribution in [2.45, 2.75) is 12.1 Å². The van der Waals surface area contributed by atoms with Crippen molar-refractivity contribution in [3.63, 3.8) is 0 Å². The van der Waals surface area contributed by atoms with Crippen LogP contribution in [0.3, 0.4) is 0 Å². The highest BCUT2D eigenvalue weighted by molar-refractivity contribution is 8.02. The lowest BCUT2D eigenvalue weighted by atomic mass is 10.0. The van der Waals surface area contributed by atoms with Crippen LogP contribution >= 0.6 is 23.1 Å². The highest BCUT2D eigenvalue weighted by Gasteiger charge is 2.06. The molecular weight excluding hydrogens is 296 g/mol. The Bertz CT molecular complexity index is 717. The zero-order valence-electron chi connectivity index (χ0n) is 11.6. The van der Waals surface area contributed by atoms with Gasteiger partial charge in [0.2, 0.25) is 0 Å². The summed E-state index contributed by atoms with van der Waals surface area (Å²) < 4.78 is 0. The summed E-state index contributed by atoms with van der Waals surface area (Å²) in [5.41, 5.74) is 4.91. The smallest absolute Gasteiger partial charge is 0.191 e. The Morgan fingerprint density at radius 2 is 1.81 bits per heavy atom. The number of nitrogens with zero attached hydrogens (tertiary/aromatic N) is 2. The van der Waals surface area contributed by atoms with Gasteiger partial charge in [0.05, 0.1) is 0 Å². The molecule has 4 heteroatoms. The first-order chi connectivity index (χ1) is 10.3. The number of hydrogen-bond donors (Lipinski definition) is 0. The molecule has 2 nitrogen and oxygen atoms in total. The van der Waals surface area contributed by atoms with E-state index in [2.05, 4.69) is 63.4 Å². The number of benzene rings is 1. The van der Waals surface area contributed by atoms with Crippen molar-refractivity contribution < 1.29 is 0 Å². The fourth-order valence-electron chi connectivity index (χ4n) is 1.91. The maximum absolute atomic E-state index is 4.25.